The Labute approximate surface area is 228 Å². The molecule has 0 spiro atoms. The van der Waals surface area contributed by atoms with Gasteiger partial charge in [-0.1, -0.05) is 48.5 Å². The van der Waals surface area contributed by atoms with Gasteiger partial charge in [0.25, 0.3) is 11.8 Å². The largest absolute Gasteiger partial charge is 0.493 e. The minimum Gasteiger partial charge on any atom is -0.493 e. The molecule has 2 N–H and O–H groups in total. The van der Waals surface area contributed by atoms with Gasteiger partial charge in [0, 0.05) is 35.5 Å². The monoisotopic (exact) mass is 523 g/mol. The van der Waals surface area contributed by atoms with Crippen LogP contribution >= 0.6 is 12.2 Å². The fraction of sp³-hybridized carbons (Fsp3) is 0.129. The molecule has 0 radical (unpaired) electrons. The first-order chi connectivity index (χ1) is 18.5. The van der Waals surface area contributed by atoms with E-state index in [-0.39, 0.29) is 16.9 Å². The number of amides is 2. The summed E-state index contributed by atoms with van der Waals surface area (Å²) in [5, 5.41) is 5.83. The van der Waals surface area contributed by atoms with Gasteiger partial charge in [-0.25, -0.2) is 0 Å². The number of hydrogen-bond acceptors (Lipinski definition) is 4. The molecule has 4 aromatic carbocycles. The third-order valence-corrected chi connectivity index (χ3v) is 6.07. The van der Waals surface area contributed by atoms with E-state index in [9.17, 15) is 9.59 Å². The van der Waals surface area contributed by atoms with Gasteiger partial charge in [-0.3, -0.25) is 14.9 Å². The molecule has 0 heterocycles. The predicted octanol–water partition coefficient (Wildman–Crippen LogP) is 6.10. The maximum absolute atomic E-state index is 13.0. The summed E-state index contributed by atoms with van der Waals surface area (Å²) in [4.78, 5) is 27.3. The number of benzene rings is 4. The van der Waals surface area contributed by atoms with Crippen LogP contribution < -0.4 is 20.3 Å². The molecule has 0 fully saturated rings. The van der Waals surface area contributed by atoms with Crippen molar-refractivity contribution in [2.45, 2.75) is 13.3 Å². The zero-order chi connectivity index (χ0) is 26.7. The number of para-hydroxylation sites is 1. The van der Waals surface area contributed by atoms with E-state index in [4.69, 9.17) is 17.0 Å². The van der Waals surface area contributed by atoms with Crippen LogP contribution in [-0.4, -0.2) is 30.1 Å². The first kappa shape index (κ1) is 26.6. The number of carbonyl (C=O) groups is 2. The van der Waals surface area contributed by atoms with E-state index in [1.165, 1.54) is 5.56 Å². The zero-order valence-corrected chi connectivity index (χ0v) is 21.9. The number of carbonyl (C=O) groups excluding carboxylic acids is 2. The number of hydrogen-bond donors (Lipinski definition) is 2. The number of ether oxygens (including phenoxy) is 1. The second-order valence-corrected chi connectivity index (χ2v) is 8.89. The molecule has 0 atom stereocenters. The van der Waals surface area contributed by atoms with Gasteiger partial charge in [-0.2, -0.15) is 0 Å². The Hall–Kier alpha value is -4.49. The van der Waals surface area contributed by atoms with Crippen molar-refractivity contribution in [2.24, 2.45) is 0 Å². The highest BCUT2D eigenvalue weighted by Crippen LogP contribution is 2.18. The van der Waals surface area contributed by atoms with Gasteiger partial charge in [-0.15, -0.1) is 0 Å². The van der Waals surface area contributed by atoms with Crippen LogP contribution in [0.3, 0.4) is 0 Å². The minimum absolute atomic E-state index is 0.0892. The maximum atomic E-state index is 13.0. The smallest absolute Gasteiger partial charge is 0.258 e. The third-order valence-electron chi connectivity index (χ3n) is 5.86. The Morgan fingerprint density at radius 3 is 2.03 bits per heavy atom. The van der Waals surface area contributed by atoms with E-state index >= 15 is 0 Å². The Morgan fingerprint density at radius 2 is 1.39 bits per heavy atom. The molecule has 38 heavy (non-hydrogen) atoms. The molecule has 6 nitrogen and oxygen atoms in total. The van der Waals surface area contributed by atoms with E-state index in [0.29, 0.717) is 35.7 Å². The van der Waals surface area contributed by atoms with E-state index in [1.54, 1.807) is 53.4 Å². The molecule has 4 rings (SSSR count). The van der Waals surface area contributed by atoms with Crippen molar-refractivity contribution in [1.29, 1.82) is 0 Å². The van der Waals surface area contributed by atoms with Crippen LogP contribution in [-0.2, 0) is 6.42 Å². The fourth-order valence-corrected chi connectivity index (χ4v) is 4.09. The summed E-state index contributed by atoms with van der Waals surface area (Å²) >= 11 is 5.31. The lowest BCUT2D eigenvalue weighted by Crippen LogP contribution is -2.34. The van der Waals surface area contributed by atoms with Crippen LogP contribution in [0.5, 0.6) is 5.75 Å². The quantitative estimate of drug-likeness (QED) is 0.259. The van der Waals surface area contributed by atoms with Gasteiger partial charge in [0.1, 0.15) is 5.75 Å². The minimum atomic E-state index is -0.327. The van der Waals surface area contributed by atoms with Gasteiger partial charge < -0.3 is 15.0 Å². The lowest BCUT2D eigenvalue weighted by atomic mass is 10.1. The highest BCUT2D eigenvalue weighted by Gasteiger charge is 2.16. The molecule has 0 aliphatic heterocycles. The number of anilines is 2. The first-order valence-electron chi connectivity index (χ1n) is 12.4. The molecule has 0 aromatic heterocycles. The normalized spacial score (nSPS) is 10.3. The lowest BCUT2D eigenvalue weighted by molar-refractivity contribution is 0.0973. The summed E-state index contributed by atoms with van der Waals surface area (Å²) in [7, 11) is 0. The van der Waals surface area contributed by atoms with Crippen molar-refractivity contribution in [3.8, 4) is 5.75 Å². The topological polar surface area (TPSA) is 70.7 Å². The van der Waals surface area contributed by atoms with E-state index in [1.807, 2.05) is 55.5 Å². The van der Waals surface area contributed by atoms with Gasteiger partial charge in [0.05, 0.1) is 6.61 Å². The van der Waals surface area contributed by atoms with Crippen LogP contribution in [0.4, 0.5) is 11.4 Å². The fourth-order valence-electron chi connectivity index (χ4n) is 3.87. The molecule has 4 aromatic rings. The molecular weight excluding hydrogens is 494 g/mol. The van der Waals surface area contributed by atoms with E-state index in [0.717, 1.165) is 12.1 Å². The van der Waals surface area contributed by atoms with Crippen molar-refractivity contribution >= 4 is 40.5 Å². The predicted molar refractivity (Wildman–Crippen MR) is 156 cm³/mol. The standard InChI is InChI=1S/C31H29N3O3S/c1-2-34(27-11-7-4-8-12-27)30(36)25-13-17-26(18-14-25)32-31(38)33-29(35)24-15-19-28(20-16-24)37-22-21-23-9-5-3-6-10-23/h3-20H,2,21-22H2,1H3,(H2,32,33,35,38). The van der Waals surface area contributed by atoms with Gasteiger partial charge in [-0.05, 0) is 85.4 Å². The summed E-state index contributed by atoms with van der Waals surface area (Å²) in [5.41, 5.74) is 3.74. The van der Waals surface area contributed by atoms with Crippen LogP contribution in [0.25, 0.3) is 0 Å². The van der Waals surface area contributed by atoms with Crippen molar-refractivity contribution in [3.05, 3.63) is 126 Å². The molecule has 0 bridgehead atoms. The molecule has 0 aliphatic rings. The second kappa shape index (κ2) is 13.2. The van der Waals surface area contributed by atoms with Gasteiger partial charge in [0.15, 0.2) is 5.11 Å². The summed E-state index contributed by atoms with van der Waals surface area (Å²) < 4.78 is 5.78. The molecular formula is C31H29N3O3S. The number of nitrogens with one attached hydrogen (secondary N) is 2. The van der Waals surface area contributed by atoms with Crippen LogP contribution in [0.1, 0.15) is 33.2 Å². The Bertz CT molecular complexity index is 1360. The molecule has 0 saturated heterocycles. The highest BCUT2D eigenvalue weighted by molar-refractivity contribution is 7.80. The first-order valence-corrected chi connectivity index (χ1v) is 12.8. The number of rotatable bonds is 9. The molecule has 2 amide bonds. The number of thiocarbonyl (C=S) groups is 1. The van der Waals surface area contributed by atoms with E-state index < -0.39 is 0 Å². The molecule has 0 saturated carbocycles. The molecule has 0 aliphatic carbocycles. The second-order valence-electron chi connectivity index (χ2n) is 8.48. The lowest BCUT2D eigenvalue weighted by Gasteiger charge is -2.21. The highest BCUT2D eigenvalue weighted by atomic mass is 32.1. The van der Waals surface area contributed by atoms with Crippen LogP contribution in [0.2, 0.25) is 0 Å². The van der Waals surface area contributed by atoms with E-state index in [2.05, 4.69) is 22.8 Å². The zero-order valence-electron chi connectivity index (χ0n) is 21.1. The third kappa shape index (κ3) is 7.27. The van der Waals surface area contributed by atoms with Crippen molar-refractivity contribution < 1.29 is 14.3 Å². The SMILES string of the molecule is CCN(C(=O)c1ccc(NC(=S)NC(=O)c2ccc(OCCc3ccccc3)cc2)cc1)c1ccccc1. The van der Waals surface area contributed by atoms with Crippen molar-refractivity contribution in [1.82, 2.24) is 5.32 Å². The summed E-state index contributed by atoms with van der Waals surface area (Å²) in [6.45, 7) is 3.05. The van der Waals surface area contributed by atoms with Crippen LogP contribution in [0.15, 0.2) is 109 Å². The van der Waals surface area contributed by atoms with Gasteiger partial charge >= 0.3 is 0 Å². The summed E-state index contributed by atoms with van der Waals surface area (Å²) in [5.74, 6) is 0.280. The molecule has 0 unspecified atom stereocenters. The molecule has 192 valence electrons. The van der Waals surface area contributed by atoms with Gasteiger partial charge in [0.2, 0.25) is 0 Å². The summed E-state index contributed by atoms with van der Waals surface area (Å²) in [6.07, 6.45) is 0.808. The Balaban J connectivity index is 1.26. The van der Waals surface area contributed by atoms with Crippen molar-refractivity contribution in [2.75, 3.05) is 23.4 Å². The average Bonchev–Trinajstić information content (AvgIpc) is 2.95. The van der Waals surface area contributed by atoms with Crippen molar-refractivity contribution in [3.63, 3.8) is 0 Å². The molecule has 7 heteroatoms. The Morgan fingerprint density at radius 1 is 0.789 bits per heavy atom. The number of nitrogens with zero attached hydrogens (tertiary/aromatic N) is 1. The van der Waals surface area contributed by atoms with Crippen LogP contribution in [0, 0.1) is 0 Å². The maximum Gasteiger partial charge on any atom is 0.258 e. The summed E-state index contributed by atoms with van der Waals surface area (Å²) in [6, 6.07) is 33.6. The Kier molecular flexibility index (Phi) is 9.21. The average molecular weight is 524 g/mol.